The molecule has 0 unspecified atom stereocenters. The van der Waals surface area contributed by atoms with Gasteiger partial charge in [-0.15, -0.1) is 0 Å². The molecule has 2 aromatic heterocycles. The Labute approximate surface area is 370 Å². The van der Waals surface area contributed by atoms with Crippen LogP contribution >= 0.6 is 0 Å². The van der Waals surface area contributed by atoms with Gasteiger partial charge in [0.1, 0.15) is 11.2 Å². The summed E-state index contributed by atoms with van der Waals surface area (Å²) >= 11 is 0. The first kappa shape index (κ1) is 36.3. The van der Waals surface area contributed by atoms with Gasteiger partial charge in [-0.3, -0.25) is 0 Å². The third-order valence-electron chi connectivity index (χ3n) is 13.2. The number of aromatic nitrogens is 3. The van der Waals surface area contributed by atoms with Gasteiger partial charge >= 0.3 is 0 Å². The Morgan fingerprint density at radius 2 is 0.828 bits per heavy atom. The molecular formula is C59H38N4O. The number of benzene rings is 9. The van der Waals surface area contributed by atoms with Crippen LogP contribution in [0.5, 0.6) is 0 Å². The summed E-state index contributed by atoms with van der Waals surface area (Å²) in [5, 5.41) is 2.08. The van der Waals surface area contributed by atoms with E-state index in [1.165, 1.54) is 33.4 Å². The molecule has 0 fully saturated rings. The highest BCUT2D eigenvalue weighted by Crippen LogP contribution is 2.60. The predicted molar refractivity (Wildman–Crippen MR) is 258 cm³/mol. The molecule has 0 atom stereocenters. The van der Waals surface area contributed by atoms with Gasteiger partial charge in [-0.2, -0.15) is 0 Å². The molecule has 0 N–H and O–H groups in total. The first-order valence-corrected chi connectivity index (χ1v) is 21.8. The van der Waals surface area contributed by atoms with E-state index in [1.54, 1.807) is 0 Å². The molecule has 0 radical (unpaired) electrons. The molecular weight excluding hydrogens is 781 g/mol. The van der Waals surface area contributed by atoms with Gasteiger partial charge in [0.25, 0.3) is 0 Å². The minimum Gasteiger partial charge on any atom is -0.456 e. The monoisotopic (exact) mass is 818 g/mol. The van der Waals surface area contributed by atoms with E-state index in [-0.39, 0.29) is 0 Å². The van der Waals surface area contributed by atoms with Crippen LogP contribution in [0.3, 0.4) is 0 Å². The van der Waals surface area contributed by atoms with Crippen molar-refractivity contribution in [1.82, 2.24) is 15.0 Å². The van der Waals surface area contributed by atoms with E-state index in [1.807, 2.05) is 36.4 Å². The average Bonchev–Trinajstić information content (AvgIpc) is 3.74. The van der Waals surface area contributed by atoms with Gasteiger partial charge in [0, 0.05) is 39.2 Å². The molecule has 9 aromatic carbocycles. The minimum atomic E-state index is -0.477. The molecule has 5 heteroatoms. The fourth-order valence-corrected chi connectivity index (χ4v) is 10.4. The summed E-state index contributed by atoms with van der Waals surface area (Å²) in [6.07, 6.45) is 0.915. The summed E-state index contributed by atoms with van der Waals surface area (Å²) in [6, 6.07) is 77.7. The maximum atomic E-state index is 6.82. The molecule has 0 saturated carbocycles. The highest BCUT2D eigenvalue weighted by atomic mass is 16.3. The van der Waals surface area contributed by atoms with Crippen molar-refractivity contribution in [2.24, 2.45) is 0 Å². The summed E-state index contributed by atoms with van der Waals surface area (Å²) in [4.78, 5) is 17.6. The van der Waals surface area contributed by atoms with Crippen molar-refractivity contribution in [2.45, 2.75) is 11.8 Å². The maximum Gasteiger partial charge on any atom is 0.164 e. The van der Waals surface area contributed by atoms with Crippen LogP contribution in [0, 0.1) is 0 Å². The molecule has 64 heavy (non-hydrogen) atoms. The second-order valence-corrected chi connectivity index (χ2v) is 16.7. The SMILES string of the molecule is c1ccc(-c2cccc(-c3nc(-c4ccccc4)nc(-c4ccc5c(c4)oc4cc(N6c7ccccc7C7(c8ccccc8Cc8ccccc87)c7ccccc76)ccc45)n3)c2)cc1. The van der Waals surface area contributed by atoms with Crippen LogP contribution in [-0.4, -0.2) is 15.0 Å². The topological polar surface area (TPSA) is 55.1 Å². The van der Waals surface area contributed by atoms with E-state index in [0.29, 0.717) is 17.5 Å². The molecule has 11 aromatic rings. The van der Waals surface area contributed by atoms with Crippen LogP contribution < -0.4 is 4.90 Å². The number of hydrogen-bond donors (Lipinski definition) is 0. The maximum absolute atomic E-state index is 6.82. The van der Waals surface area contributed by atoms with Crippen LogP contribution in [-0.2, 0) is 11.8 Å². The molecule has 5 nitrogen and oxygen atoms in total. The van der Waals surface area contributed by atoms with E-state index in [4.69, 9.17) is 19.4 Å². The lowest BCUT2D eigenvalue weighted by molar-refractivity contribution is 0.669. The van der Waals surface area contributed by atoms with Crippen molar-refractivity contribution in [1.29, 1.82) is 0 Å². The Morgan fingerprint density at radius 1 is 0.359 bits per heavy atom. The van der Waals surface area contributed by atoms with Crippen LogP contribution in [0.25, 0.3) is 67.2 Å². The fourth-order valence-electron chi connectivity index (χ4n) is 10.4. The van der Waals surface area contributed by atoms with Crippen LogP contribution in [0.15, 0.2) is 223 Å². The molecule has 1 spiro atoms. The Bertz CT molecular complexity index is 3520. The van der Waals surface area contributed by atoms with Gasteiger partial charge in [-0.25, -0.2) is 15.0 Å². The van der Waals surface area contributed by atoms with Crippen molar-refractivity contribution >= 4 is 39.0 Å². The first-order valence-electron chi connectivity index (χ1n) is 21.8. The van der Waals surface area contributed by atoms with Crippen LogP contribution in [0.1, 0.15) is 33.4 Å². The van der Waals surface area contributed by atoms with E-state index in [9.17, 15) is 0 Å². The molecule has 2 aliphatic rings. The molecule has 1 aliphatic carbocycles. The number of furan rings is 1. The van der Waals surface area contributed by atoms with E-state index < -0.39 is 5.41 Å². The number of hydrogen-bond acceptors (Lipinski definition) is 5. The van der Waals surface area contributed by atoms with Crippen LogP contribution in [0.4, 0.5) is 17.1 Å². The fraction of sp³-hybridized carbons (Fsp3) is 0.0339. The zero-order valence-electron chi connectivity index (χ0n) is 34.7. The summed E-state index contributed by atoms with van der Waals surface area (Å²) < 4.78 is 6.82. The average molecular weight is 819 g/mol. The lowest BCUT2D eigenvalue weighted by Crippen LogP contribution is -2.41. The smallest absolute Gasteiger partial charge is 0.164 e. The third-order valence-corrected chi connectivity index (χ3v) is 13.2. The van der Waals surface area contributed by atoms with E-state index in [2.05, 4.69) is 187 Å². The summed E-state index contributed by atoms with van der Waals surface area (Å²) in [5.74, 6) is 1.81. The Hall–Kier alpha value is -8.41. The van der Waals surface area contributed by atoms with Crippen LogP contribution in [0.2, 0.25) is 0 Å². The molecule has 0 amide bonds. The largest absolute Gasteiger partial charge is 0.456 e. The van der Waals surface area contributed by atoms with Gasteiger partial charge in [-0.1, -0.05) is 170 Å². The number of para-hydroxylation sites is 2. The van der Waals surface area contributed by atoms with E-state index >= 15 is 0 Å². The van der Waals surface area contributed by atoms with Crippen molar-refractivity contribution in [2.75, 3.05) is 4.90 Å². The zero-order valence-corrected chi connectivity index (χ0v) is 34.7. The lowest BCUT2D eigenvalue weighted by Gasteiger charge is -2.49. The first-order chi connectivity index (χ1) is 31.7. The number of nitrogens with zero attached hydrogens (tertiary/aromatic N) is 4. The normalized spacial score (nSPS) is 13.3. The quantitative estimate of drug-likeness (QED) is 0.173. The highest BCUT2D eigenvalue weighted by Gasteiger charge is 2.49. The van der Waals surface area contributed by atoms with E-state index in [0.717, 1.165) is 73.2 Å². The van der Waals surface area contributed by atoms with Crippen molar-refractivity contribution < 1.29 is 4.42 Å². The standard InChI is InChI=1S/C59H38N4O/c1-3-16-38(17-4-1)40-22-15-23-43(34-40)57-60-56(39-18-5-2-6-19-39)61-58(62-57)44-30-32-46-47-33-31-45(37-55(47)64-54(46)36-44)63-52-28-13-11-26-50(52)59(51-27-12-14-29-53(51)63)48-24-9-7-20-41(48)35-42-21-8-10-25-49(42)59/h1-34,36-37H,35H2. The lowest BCUT2D eigenvalue weighted by atomic mass is 9.58. The number of rotatable bonds is 5. The molecule has 0 bridgehead atoms. The molecule has 13 rings (SSSR count). The predicted octanol–water partition coefficient (Wildman–Crippen LogP) is 14.5. The molecule has 0 saturated heterocycles. The summed E-state index contributed by atoms with van der Waals surface area (Å²) in [5.41, 5.74) is 17.3. The Morgan fingerprint density at radius 3 is 1.47 bits per heavy atom. The molecule has 1 aliphatic heterocycles. The van der Waals surface area contributed by atoms with Crippen molar-refractivity contribution in [3.8, 4) is 45.3 Å². The third kappa shape index (κ3) is 5.54. The van der Waals surface area contributed by atoms with Crippen molar-refractivity contribution in [3.63, 3.8) is 0 Å². The Balaban J connectivity index is 0.941. The Kier molecular flexibility index (Phi) is 8.12. The number of anilines is 3. The summed E-state index contributed by atoms with van der Waals surface area (Å²) in [6.45, 7) is 0. The van der Waals surface area contributed by atoms with Gasteiger partial charge < -0.3 is 9.32 Å². The second-order valence-electron chi connectivity index (χ2n) is 16.7. The van der Waals surface area contributed by atoms with Gasteiger partial charge in [0.05, 0.1) is 16.8 Å². The molecule has 3 heterocycles. The minimum absolute atomic E-state index is 0.477. The molecule has 300 valence electrons. The number of fused-ring (bicyclic) bond motifs is 11. The zero-order chi connectivity index (χ0) is 42.2. The van der Waals surface area contributed by atoms with Gasteiger partial charge in [0.15, 0.2) is 17.5 Å². The highest BCUT2D eigenvalue weighted by molar-refractivity contribution is 6.07. The summed E-state index contributed by atoms with van der Waals surface area (Å²) in [7, 11) is 0. The van der Waals surface area contributed by atoms with Crippen molar-refractivity contribution in [3.05, 3.63) is 252 Å². The van der Waals surface area contributed by atoms with Gasteiger partial charge in [-0.05, 0) is 93.4 Å². The van der Waals surface area contributed by atoms with Gasteiger partial charge in [0.2, 0.25) is 0 Å². The second kappa shape index (κ2) is 14.3.